The summed E-state index contributed by atoms with van der Waals surface area (Å²) in [5.74, 6) is -2.08. The second-order valence-electron chi connectivity index (χ2n) is 6.97. The summed E-state index contributed by atoms with van der Waals surface area (Å²) in [7, 11) is 0. The first-order valence-electron chi connectivity index (χ1n) is 9.72. The van der Waals surface area contributed by atoms with Crippen LogP contribution in [0.4, 0.5) is 4.39 Å². The molecule has 0 spiro atoms. The van der Waals surface area contributed by atoms with Gasteiger partial charge in [0.1, 0.15) is 0 Å². The first kappa shape index (κ1) is 24.7. The number of thioether (sulfide) groups is 1. The highest BCUT2D eigenvalue weighted by molar-refractivity contribution is 7.99. The van der Waals surface area contributed by atoms with Crippen LogP contribution in [0.15, 0.2) is 30.5 Å². The lowest BCUT2D eigenvalue weighted by molar-refractivity contribution is -0.186. The molecule has 2 aromatic heterocycles. The summed E-state index contributed by atoms with van der Waals surface area (Å²) in [6.45, 7) is 3.61. The number of esters is 3. The van der Waals surface area contributed by atoms with Crippen LogP contribution in [0, 0.1) is 5.95 Å². The summed E-state index contributed by atoms with van der Waals surface area (Å²) >= 11 is 7.49. The predicted octanol–water partition coefficient (Wildman–Crippen LogP) is 3.18. The highest BCUT2D eigenvalue weighted by Gasteiger charge is 2.47. The van der Waals surface area contributed by atoms with Gasteiger partial charge in [0.25, 0.3) is 0 Å². The fourth-order valence-electron chi connectivity index (χ4n) is 3.13. The van der Waals surface area contributed by atoms with Gasteiger partial charge in [-0.2, -0.15) is 4.39 Å². The van der Waals surface area contributed by atoms with Gasteiger partial charge in [0, 0.05) is 38.3 Å². The van der Waals surface area contributed by atoms with Crippen molar-refractivity contribution in [1.82, 2.24) is 9.97 Å². The Morgan fingerprint density at radius 1 is 1.00 bits per heavy atom. The summed E-state index contributed by atoms with van der Waals surface area (Å²) in [5.41, 5.74) is 0.150. The molecule has 0 saturated carbocycles. The molecule has 33 heavy (non-hydrogen) atoms. The average molecular weight is 499 g/mol. The molecule has 3 rings (SSSR count). The first-order chi connectivity index (χ1) is 15.6. The minimum absolute atomic E-state index is 0.00476. The molecule has 3 heterocycles. The minimum Gasteiger partial charge on any atom is -0.472 e. The van der Waals surface area contributed by atoms with Gasteiger partial charge in [-0.05, 0) is 24.3 Å². The maximum Gasteiger partial charge on any atom is 0.303 e. The highest BCUT2D eigenvalue weighted by Crippen LogP contribution is 2.36. The fourth-order valence-corrected chi connectivity index (χ4v) is 4.54. The summed E-state index contributed by atoms with van der Waals surface area (Å²) in [6, 6.07) is 5.87. The van der Waals surface area contributed by atoms with Gasteiger partial charge in [0.15, 0.2) is 34.7 Å². The molecule has 1 aliphatic rings. The van der Waals surface area contributed by atoms with Gasteiger partial charge < -0.3 is 18.9 Å². The van der Waals surface area contributed by atoms with Crippen molar-refractivity contribution in [3.63, 3.8) is 0 Å². The molecule has 9 nitrogen and oxygen atoms in total. The third-order valence-corrected chi connectivity index (χ3v) is 5.87. The Balaban J connectivity index is 1.85. The van der Waals surface area contributed by atoms with Gasteiger partial charge in [-0.25, -0.2) is 9.97 Å². The number of hydrogen-bond acceptors (Lipinski definition) is 10. The van der Waals surface area contributed by atoms with E-state index >= 15 is 0 Å². The molecule has 0 aliphatic carbocycles. The van der Waals surface area contributed by atoms with E-state index in [4.69, 9.17) is 30.5 Å². The van der Waals surface area contributed by atoms with E-state index in [9.17, 15) is 18.8 Å². The average Bonchev–Trinajstić information content (AvgIpc) is 2.73. The zero-order valence-corrected chi connectivity index (χ0v) is 19.4. The van der Waals surface area contributed by atoms with E-state index in [0.29, 0.717) is 11.3 Å². The molecule has 0 N–H and O–H groups in total. The SMILES string of the molecule is CC(=O)O[C@@H]1[C@@H](OC(C)=O)[C@H](OC(C)=O)CS[C@H]1Oc1ccc(-c2ccc(F)nc2)nc1Cl. The van der Waals surface area contributed by atoms with Crippen molar-refractivity contribution < 1.29 is 37.7 Å². The third kappa shape index (κ3) is 6.55. The zero-order valence-electron chi connectivity index (χ0n) is 17.8. The van der Waals surface area contributed by atoms with Gasteiger partial charge in [-0.15, -0.1) is 11.8 Å². The van der Waals surface area contributed by atoms with E-state index < -0.39 is 47.6 Å². The Morgan fingerprint density at radius 3 is 2.24 bits per heavy atom. The van der Waals surface area contributed by atoms with E-state index in [2.05, 4.69) is 9.97 Å². The van der Waals surface area contributed by atoms with Crippen molar-refractivity contribution >= 4 is 41.3 Å². The quantitative estimate of drug-likeness (QED) is 0.334. The van der Waals surface area contributed by atoms with Crippen molar-refractivity contribution in [3.05, 3.63) is 41.6 Å². The first-order valence-corrected chi connectivity index (χ1v) is 11.1. The summed E-state index contributed by atoms with van der Waals surface area (Å²) in [5, 5.41) is 0.00476. The van der Waals surface area contributed by atoms with Crippen molar-refractivity contribution in [3.8, 4) is 17.0 Å². The van der Waals surface area contributed by atoms with Gasteiger partial charge in [-0.1, -0.05) is 11.6 Å². The predicted molar refractivity (Wildman–Crippen MR) is 116 cm³/mol. The topological polar surface area (TPSA) is 114 Å². The molecule has 0 radical (unpaired) electrons. The van der Waals surface area contributed by atoms with E-state index in [0.717, 1.165) is 0 Å². The lowest BCUT2D eigenvalue weighted by Crippen LogP contribution is -2.55. The Hall–Kier alpha value is -2.92. The van der Waals surface area contributed by atoms with Gasteiger partial charge in [0.05, 0.1) is 5.69 Å². The van der Waals surface area contributed by atoms with Crippen LogP contribution in [-0.2, 0) is 28.6 Å². The van der Waals surface area contributed by atoms with Crippen LogP contribution in [0.1, 0.15) is 20.8 Å². The molecule has 12 heteroatoms. The van der Waals surface area contributed by atoms with Gasteiger partial charge >= 0.3 is 17.9 Å². The standard InChI is InChI=1S/C21H20ClFN2O7S/c1-10(26)29-16-9-33-21(19(31-12(3)28)18(16)30-11(2)27)32-15-6-5-14(25-20(15)22)13-4-7-17(23)24-8-13/h4-8,16,18-19,21H,9H2,1-3H3/t16-,18+,19-,21-/m1/s1. The minimum atomic E-state index is -1.09. The number of carbonyl (C=O) groups is 3. The molecular weight excluding hydrogens is 479 g/mol. The number of pyridine rings is 2. The van der Waals surface area contributed by atoms with Crippen molar-refractivity contribution in [1.29, 1.82) is 0 Å². The Kier molecular flexibility index (Phi) is 8.09. The lowest BCUT2D eigenvalue weighted by Gasteiger charge is -2.39. The van der Waals surface area contributed by atoms with Crippen LogP contribution in [-0.4, -0.2) is 57.4 Å². The number of halogens is 2. The molecule has 0 unspecified atom stereocenters. The van der Waals surface area contributed by atoms with Crippen molar-refractivity contribution in [2.75, 3.05) is 5.75 Å². The number of hydrogen-bond donors (Lipinski definition) is 0. The summed E-state index contributed by atoms with van der Waals surface area (Å²) in [4.78, 5) is 42.8. The highest BCUT2D eigenvalue weighted by atomic mass is 35.5. The largest absolute Gasteiger partial charge is 0.472 e. The molecule has 1 saturated heterocycles. The second-order valence-corrected chi connectivity index (χ2v) is 8.46. The van der Waals surface area contributed by atoms with Crippen LogP contribution < -0.4 is 4.74 Å². The summed E-state index contributed by atoms with van der Waals surface area (Å²) in [6.07, 6.45) is -1.70. The molecule has 0 aromatic carbocycles. The second kappa shape index (κ2) is 10.8. The molecule has 176 valence electrons. The van der Waals surface area contributed by atoms with Crippen LogP contribution in [0.5, 0.6) is 5.75 Å². The Morgan fingerprint density at radius 2 is 1.67 bits per heavy atom. The number of rotatable bonds is 6. The van der Waals surface area contributed by atoms with Crippen LogP contribution in [0.25, 0.3) is 11.3 Å². The summed E-state index contributed by atoms with van der Waals surface area (Å²) < 4.78 is 35.0. The number of ether oxygens (including phenoxy) is 4. The molecule has 2 aromatic rings. The lowest BCUT2D eigenvalue weighted by atomic mass is 10.1. The maximum atomic E-state index is 13.1. The number of aromatic nitrogens is 2. The monoisotopic (exact) mass is 498 g/mol. The molecule has 0 amide bonds. The maximum absolute atomic E-state index is 13.1. The Bertz CT molecular complexity index is 1040. The fraction of sp³-hybridized carbons (Fsp3) is 0.381. The van der Waals surface area contributed by atoms with Gasteiger partial charge in [0.2, 0.25) is 5.95 Å². The molecular formula is C21H20ClFN2O7S. The molecule has 4 atom stereocenters. The van der Waals surface area contributed by atoms with Crippen molar-refractivity contribution in [2.24, 2.45) is 0 Å². The molecule has 0 bridgehead atoms. The molecule has 1 fully saturated rings. The normalized spacial score (nSPS) is 22.2. The smallest absolute Gasteiger partial charge is 0.303 e. The van der Waals surface area contributed by atoms with Crippen LogP contribution in [0.2, 0.25) is 5.15 Å². The van der Waals surface area contributed by atoms with Crippen molar-refractivity contribution in [2.45, 2.75) is 44.5 Å². The Labute approximate surface area is 197 Å². The van der Waals surface area contributed by atoms with Crippen LogP contribution >= 0.6 is 23.4 Å². The van der Waals surface area contributed by atoms with Crippen LogP contribution in [0.3, 0.4) is 0 Å². The van der Waals surface area contributed by atoms with E-state index in [1.807, 2.05) is 0 Å². The number of nitrogens with zero attached hydrogens (tertiary/aromatic N) is 2. The van der Waals surface area contributed by atoms with Gasteiger partial charge in [-0.3, -0.25) is 14.4 Å². The molecule has 1 aliphatic heterocycles. The third-order valence-electron chi connectivity index (χ3n) is 4.39. The van der Waals surface area contributed by atoms with E-state index in [-0.39, 0.29) is 16.7 Å². The zero-order chi connectivity index (χ0) is 24.1. The van der Waals surface area contributed by atoms with E-state index in [1.54, 1.807) is 12.1 Å². The number of carbonyl (C=O) groups excluding carboxylic acids is 3. The van der Waals surface area contributed by atoms with E-state index in [1.165, 1.54) is 50.9 Å².